The van der Waals surface area contributed by atoms with Gasteiger partial charge in [-0.2, -0.15) is 13.2 Å². The Morgan fingerprint density at radius 3 is 2.33 bits per heavy atom. The number of fused-ring (bicyclic) bond motifs is 1. The molecule has 0 aliphatic carbocycles. The first kappa shape index (κ1) is 32.3. The number of alkyl halides is 3. The average Bonchev–Trinajstić information content (AvgIpc) is 3.03. The van der Waals surface area contributed by atoms with E-state index < -0.39 is 11.7 Å². The number of amides is 2. The smallest absolute Gasteiger partial charge is 0.416 e. The number of ether oxygens (including phenoxy) is 1. The number of hydrogen-bond acceptors (Lipinski definition) is 4. The van der Waals surface area contributed by atoms with Crippen LogP contribution in [0.2, 0.25) is 0 Å². The van der Waals surface area contributed by atoms with Crippen molar-refractivity contribution in [3.63, 3.8) is 0 Å². The molecule has 0 bridgehead atoms. The van der Waals surface area contributed by atoms with Gasteiger partial charge in [-0.3, -0.25) is 14.6 Å². The van der Waals surface area contributed by atoms with Gasteiger partial charge in [0.2, 0.25) is 5.91 Å². The lowest BCUT2D eigenvalue weighted by molar-refractivity contribution is -0.137. The van der Waals surface area contributed by atoms with Crippen molar-refractivity contribution in [1.29, 1.82) is 0 Å². The molecule has 0 radical (unpaired) electrons. The van der Waals surface area contributed by atoms with E-state index in [1.54, 1.807) is 29.2 Å². The van der Waals surface area contributed by atoms with Crippen molar-refractivity contribution in [1.82, 2.24) is 9.80 Å². The molecule has 1 saturated heterocycles. The van der Waals surface area contributed by atoms with Crippen molar-refractivity contribution in [3.05, 3.63) is 108 Å². The number of halogens is 3. The van der Waals surface area contributed by atoms with E-state index in [0.717, 1.165) is 28.5 Å². The lowest BCUT2D eigenvalue weighted by atomic mass is 9.99. The summed E-state index contributed by atoms with van der Waals surface area (Å²) < 4.78 is 44.6. The number of aliphatic imine (C=N–C) groups is 1. The molecule has 0 saturated carbocycles. The van der Waals surface area contributed by atoms with Crippen LogP contribution in [0.15, 0.2) is 96.0 Å². The van der Waals surface area contributed by atoms with E-state index >= 15 is 0 Å². The molecule has 1 aliphatic rings. The molecule has 2 amide bonds. The quantitative estimate of drug-likeness (QED) is 0.134. The van der Waals surface area contributed by atoms with Crippen LogP contribution in [0.4, 0.5) is 13.2 Å². The van der Waals surface area contributed by atoms with E-state index in [1.165, 1.54) is 12.1 Å². The second kappa shape index (κ2) is 13.9. The third-order valence-corrected chi connectivity index (χ3v) is 8.08. The molecule has 4 aromatic rings. The number of piperazine rings is 1. The Morgan fingerprint density at radius 1 is 0.870 bits per heavy atom. The normalized spacial score (nSPS) is 16.7. The highest BCUT2D eigenvalue weighted by Gasteiger charge is 2.37. The van der Waals surface area contributed by atoms with Gasteiger partial charge in [0.1, 0.15) is 11.5 Å². The van der Waals surface area contributed by atoms with Crippen LogP contribution in [0.5, 0.6) is 11.5 Å². The Labute approximate surface area is 265 Å². The molecule has 2 atom stereocenters. The molecular formula is C35H36F3N5O3. The first-order chi connectivity index (χ1) is 22.0. The summed E-state index contributed by atoms with van der Waals surface area (Å²) in [5.41, 5.74) is 11.5. The highest BCUT2D eigenvalue weighted by Crippen LogP contribution is 2.32. The maximum Gasteiger partial charge on any atom is 0.416 e. The van der Waals surface area contributed by atoms with Crippen LogP contribution in [-0.2, 0) is 17.4 Å². The Bertz CT molecular complexity index is 1720. The molecule has 240 valence electrons. The second-order valence-electron chi connectivity index (χ2n) is 11.5. The molecule has 11 heteroatoms. The van der Waals surface area contributed by atoms with Gasteiger partial charge in [-0.1, -0.05) is 48.5 Å². The summed E-state index contributed by atoms with van der Waals surface area (Å²) >= 11 is 0. The van der Waals surface area contributed by atoms with Gasteiger partial charge in [0.15, 0.2) is 5.96 Å². The molecule has 0 spiro atoms. The predicted molar refractivity (Wildman–Crippen MR) is 172 cm³/mol. The number of nitrogens with two attached hydrogens (primary N) is 2. The molecule has 0 aromatic heterocycles. The molecule has 5 rings (SSSR count). The van der Waals surface area contributed by atoms with Crippen molar-refractivity contribution >= 4 is 28.5 Å². The van der Waals surface area contributed by atoms with E-state index in [0.29, 0.717) is 43.8 Å². The summed E-state index contributed by atoms with van der Waals surface area (Å²) in [6.45, 7) is 2.98. The lowest BCUT2D eigenvalue weighted by Gasteiger charge is -2.45. The molecule has 4 N–H and O–H groups in total. The van der Waals surface area contributed by atoms with Crippen molar-refractivity contribution in [2.24, 2.45) is 16.5 Å². The molecule has 8 nitrogen and oxygen atoms in total. The Hall–Kier alpha value is -5.06. The van der Waals surface area contributed by atoms with Crippen LogP contribution in [-0.4, -0.2) is 59.3 Å². The van der Waals surface area contributed by atoms with Gasteiger partial charge in [0.05, 0.1) is 12.0 Å². The van der Waals surface area contributed by atoms with Gasteiger partial charge in [0, 0.05) is 37.3 Å². The average molecular weight is 632 g/mol. The number of nitrogens with zero attached hydrogens (tertiary/aromatic N) is 3. The van der Waals surface area contributed by atoms with Crippen molar-refractivity contribution in [2.45, 2.75) is 44.4 Å². The Morgan fingerprint density at radius 2 is 1.61 bits per heavy atom. The first-order valence-electron chi connectivity index (χ1n) is 15.1. The molecule has 4 aromatic carbocycles. The summed E-state index contributed by atoms with van der Waals surface area (Å²) in [6.07, 6.45) is -3.04. The lowest BCUT2D eigenvalue weighted by Crippen LogP contribution is -2.60. The summed E-state index contributed by atoms with van der Waals surface area (Å²) in [6, 6.07) is 24.4. The maximum atomic E-state index is 13.9. The fourth-order valence-corrected chi connectivity index (χ4v) is 5.75. The van der Waals surface area contributed by atoms with E-state index in [4.69, 9.17) is 16.2 Å². The summed E-state index contributed by atoms with van der Waals surface area (Å²) in [4.78, 5) is 35.2. The topological polar surface area (TPSA) is 114 Å². The minimum absolute atomic E-state index is 0.0118. The largest absolute Gasteiger partial charge is 0.457 e. The minimum atomic E-state index is -4.45. The standard InChI is InChI=1S/C35H36F3N5O3/c1-23-21-43(33(45)27-8-4-10-31(20-27)46-30-15-13-28(14-16-30)35(36,37)38)29(9-5-17-41-34(39)40)22-42(23)32(44)19-24-11-12-25-6-2-3-7-26(25)18-24/h2-4,6-8,10-16,18,20,23,29H,5,9,17,19,21-22H2,1H3,(H4,39,40,41). The fourth-order valence-electron chi connectivity index (χ4n) is 5.75. The van der Waals surface area contributed by atoms with Crippen molar-refractivity contribution in [3.8, 4) is 11.5 Å². The molecule has 1 heterocycles. The third kappa shape index (κ3) is 7.96. The zero-order valence-corrected chi connectivity index (χ0v) is 25.4. The summed E-state index contributed by atoms with van der Waals surface area (Å²) in [5.74, 6) is 0.256. The van der Waals surface area contributed by atoms with Crippen LogP contribution in [0, 0.1) is 0 Å². The van der Waals surface area contributed by atoms with Crippen LogP contribution < -0.4 is 16.2 Å². The number of rotatable bonds is 9. The van der Waals surface area contributed by atoms with Gasteiger partial charge < -0.3 is 26.0 Å². The second-order valence-corrected chi connectivity index (χ2v) is 11.5. The van der Waals surface area contributed by atoms with E-state index in [9.17, 15) is 22.8 Å². The summed E-state index contributed by atoms with van der Waals surface area (Å²) in [7, 11) is 0. The molecule has 46 heavy (non-hydrogen) atoms. The number of hydrogen-bond donors (Lipinski definition) is 2. The van der Waals surface area contributed by atoms with Crippen LogP contribution in [0.1, 0.15) is 41.3 Å². The zero-order valence-electron chi connectivity index (χ0n) is 25.4. The van der Waals surface area contributed by atoms with Gasteiger partial charge in [0.25, 0.3) is 5.91 Å². The van der Waals surface area contributed by atoms with Gasteiger partial charge in [-0.05, 0) is 78.6 Å². The molecule has 2 unspecified atom stereocenters. The number of carbonyl (C=O) groups excluding carboxylic acids is 2. The highest BCUT2D eigenvalue weighted by molar-refractivity contribution is 5.95. The number of guanidine groups is 1. The van der Waals surface area contributed by atoms with Crippen molar-refractivity contribution < 1.29 is 27.5 Å². The molecule has 1 fully saturated rings. The first-order valence-corrected chi connectivity index (χ1v) is 15.1. The highest BCUT2D eigenvalue weighted by atomic mass is 19.4. The van der Waals surface area contributed by atoms with Gasteiger partial charge in [-0.15, -0.1) is 0 Å². The minimum Gasteiger partial charge on any atom is -0.457 e. The van der Waals surface area contributed by atoms with Crippen molar-refractivity contribution in [2.75, 3.05) is 19.6 Å². The molecule has 1 aliphatic heterocycles. The van der Waals surface area contributed by atoms with Crippen LogP contribution in [0.3, 0.4) is 0 Å². The monoisotopic (exact) mass is 631 g/mol. The molecular weight excluding hydrogens is 595 g/mol. The van der Waals surface area contributed by atoms with Gasteiger partial charge >= 0.3 is 6.18 Å². The summed E-state index contributed by atoms with van der Waals surface area (Å²) in [5, 5.41) is 2.17. The Kier molecular flexibility index (Phi) is 9.79. The Balaban J connectivity index is 1.31. The van der Waals surface area contributed by atoms with Crippen LogP contribution in [0.25, 0.3) is 10.8 Å². The third-order valence-electron chi connectivity index (χ3n) is 8.08. The predicted octanol–water partition coefficient (Wildman–Crippen LogP) is 5.99. The number of benzene rings is 4. The van der Waals surface area contributed by atoms with Crippen LogP contribution >= 0.6 is 0 Å². The van der Waals surface area contributed by atoms with E-state index in [-0.39, 0.29) is 42.0 Å². The van der Waals surface area contributed by atoms with Gasteiger partial charge in [-0.25, -0.2) is 0 Å². The van der Waals surface area contributed by atoms with E-state index in [2.05, 4.69) is 4.99 Å². The fraction of sp³-hybridized carbons (Fsp3) is 0.286. The zero-order chi connectivity index (χ0) is 32.8. The SMILES string of the molecule is CC1CN(C(=O)c2cccc(Oc3ccc(C(F)(F)F)cc3)c2)C(CCCN=C(N)N)CN1C(=O)Cc1ccc2ccccc2c1. The number of carbonyl (C=O) groups is 2. The maximum absolute atomic E-state index is 13.9. The van der Waals surface area contributed by atoms with E-state index in [1.807, 2.05) is 54.3 Å².